The van der Waals surface area contributed by atoms with Gasteiger partial charge in [-0.15, -0.1) is 5.10 Å². The predicted molar refractivity (Wildman–Crippen MR) is 93.3 cm³/mol. The molecule has 1 N–H and O–H groups in total. The fraction of sp³-hybridized carbons (Fsp3) is 0.471. The van der Waals surface area contributed by atoms with Gasteiger partial charge in [-0.25, -0.2) is 0 Å². The summed E-state index contributed by atoms with van der Waals surface area (Å²) < 4.78 is 10.6. The number of methoxy groups -OCH3 is 2. The van der Waals surface area contributed by atoms with E-state index < -0.39 is 0 Å². The Labute approximate surface area is 142 Å². The summed E-state index contributed by atoms with van der Waals surface area (Å²) in [7, 11) is 3.22. The second-order valence-corrected chi connectivity index (χ2v) is 6.03. The lowest BCUT2D eigenvalue weighted by atomic mass is 10.0. The van der Waals surface area contributed by atoms with Crippen LogP contribution in [0.15, 0.2) is 24.4 Å². The molecule has 1 aliphatic heterocycles. The second-order valence-electron chi connectivity index (χ2n) is 6.03. The number of benzene rings is 1. The Balaban J connectivity index is 1.77. The summed E-state index contributed by atoms with van der Waals surface area (Å²) in [6.45, 7) is 4.29. The first-order chi connectivity index (χ1) is 11.7. The smallest absolute Gasteiger partial charge is 0.249 e. The fourth-order valence-electron chi connectivity index (χ4n) is 2.94. The van der Waals surface area contributed by atoms with Crippen molar-refractivity contribution in [2.45, 2.75) is 19.8 Å². The van der Waals surface area contributed by atoms with Crippen LogP contribution in [0.3, 0.4) is 0 Å². The van der Waals surface area contributed by atoms with E-state index in [2.05, 4.69) is 32.3 Å². The van der Waals surface area contributed by atoms with Crippen LogP contribution in [0.1, 0.15) is 19.8 Å². The third-order valence-electron chi connectivity index (χ3n) is 4.17. The lowest BCUT2D eigenvalue weighted by molar-refractivity contribution is 0.355. The van der Waals surface area contributed by atoms with Crippen molar-refractivity contribution in [1.82, 2.24) is 15.2 Å². The molecule has 0 spiro atoms. The summed E-state index contributed by atoms with van der Waals surface area (Å²) in [5, 5.41) is 11.3. The zero-order chi connectivity index (χ0) is 16.9. The fourth-order valence-corrected chi connectivity index (χ4v) is 2.94. The zero-order valence-electron chi connectivity index (χ0n) is 14.3. The van der Waals surface area contributed by atoms with E-state index in [1.54, 1.807) is 20.4 Å². The molecule has 128 valence electrons. The number of piperidine rings is 1. The van der Waals surface area contributed by atoms with Crippen LogP contribution in [0.2, 0.25) is 0 Å². The molecule has 0 radical (unpaired) electrons. The van der Waals surface area contributed by atoms with Gasteiger partial charge in [0, 0.05) is 24.8 Å². The van der Waals surface area contributed by atoms with Gasteiger partial charge in [-0.1, -0.05) is 6.92 Å². The molecule has 1 aliphatic rings. The van der Waals surface area contributed by atoms with E-state index in [4.69, 9.17) is 9.47 Å². The molecule has 0 amide bonds. The van der Waals surface area contributed by atoms with Crippen molar-refractivity contribution in [2.75, 3.05) is 37.5 Å². The number of hydrogen-bond donors (Lipinski definition) is 1. The average molecular weight is 329 g/mol. The number of anilines is 3. The molecular formula is C17H23N5O2. The maximum Gasteiger partial charge on any atom is 0.249 e. The highest BCUT2D eigenvalue weighted by molar-refractivity contribution is 5.60. The standard InChI is InChI=1S/C17H23N5O2/c1-12-5-4-8-22(11-12)16-10-18-21-17(20-16)19-13-6-7-14(23-2)15(9-13)24-3/h6-7,9-10,12H,4-5,8,11H2,1-3H3,(H,19,20,21). The quantitative estimate of drug-likeness (QED) is 0.904. The number of rotatable bonds is 5. The minimum absolute atomic E-state index is 0.470. The monoisotopic (exact) mass is 329 g/mol. The molecule has 7 nitrogen and oxygen atoms in total. The van der Waals surface area contributed by atoms with E-state index in [-0.39, 0.29) is 0 Å². The number of ether oxygens (including phenoxy) is 2. The summed E-state index contributed by atoms with van der Waals surface area (Å²) in [5.74, 6) is 3.34. The molecular weight excluding hydrogens is 306 g/mol. The van der Waals surface area contributed by atoms with Crippen molar-refractivity contribution in [3.8, 4) is 11.5 Å². The minimum Gasteiger partial charge on any atom is -0.493 e. The molecule has 1 atom stereocenters. The van der Waals surface area contributed by atoms with Crippen molar-refractivity contribution in [2.24, 2.45) is 5.92 Å². The van der Waals surface area contributed by atoms with Gasteiger partial charge in [-0.3, -0.25) is 0 Å². The molecule has 2 heterocycles. The summed E-state index contributed by atoms with van der Waals surface area (Å²) >= 11 is 0. The van der Waals surface area contributed by atoms with E-state index in [0.29, 0.717) is 23.4 Å². The molecule has 24 heavy (non-hydrogen) atoms. The average Bonchev–Trinajstić information content (AvgIpc) is 2.62. The van der Waals surface area contributed by atoms with E-state index in [9.17, 15) is 0 Å². The summed E-state index contributed by atoms with van der Waals surface area (Å²) in [4.78, 5) is 6.86. The third kappa shape index (κ3) is 3.67. The zero-order valence-corrected chi connectivity index (χ0v) is 14.3. The van der Waals surface area contributed by atoms with Crippen molar-refractivity contribution in [3.63, 3.8) is 0 Å². The van der Waals surface area contributed by atoms with Crippen LogP contribution < -0.4 is 19.7 Å². The number of hydrogen-bond acceptors (Lipinski definition) is 7. The number of nitrogens with zero attached hydrogens (tertiary/aromatic N) is 4. The van der Waals surface area contributed by atoms with Gasteiger partial charge >= 0.3 is 0 Å². The van der Waals surface area contributed by atoms with Crippen LogP contribution in [0.4, 0.5) is 17.5 Å². The van der Waals surface area contributed by atoms with Gasteiger partial charge in [-0.05, 0) is 30.9 Å². The topological polar surface area (TPSA) is 72.4 Å². The highest BCUT2D eigenvalue weighted by Gasteiger charge is 2.18. The van der Waals surface area contributed by atoms with Crippen LogP contribution in [-0.2, 0) is 0 Å². The Morgan fingerprint density at radius 1 is 1.21 bits per heavy atom. The summed E-state index contributed by atoms with van der Waals surface area (Å²) in [6, 6.07) is 5.57. The number of aromatic nitrogens is 3. The van der Waals surface area contributed by atoms with Crippen LogP contribution in [0.5, 0.6) is 11.5 Å². The molecule has 1 aromatic carbocycles. The summed E-state index contributed by atoms with van der Waals surface area (Å²) in [6.07, 6.45) is 4.17. The van der Waals surface area contributed by atoms with Crippen LogP contribution >= 0.6 is 0 Å². The van der Waals surface area contributed by atoms with Gasteiger partial charge < -0.3 is 19.7 Å². The first-order valence-corrected chi connectivity index (χ1v) is 8.13. The maximum absolute atomic E-state index is 5.32. The van der Waals surface area contributed by atoms with Crippen molar-refractivity contribution >= 4 is 17.5 Å². The molecule has 2 aromatic rings. The predicted octanol–water partition coefficient (Wildman–Crippen LogP) is 2.87. The molecule has 0 bridgehead atoms. The SMILES string of the molecule is COc1ccc(Nc2nncc(N3CCCC(C)C3)n2)cc1OC. The van der Waals surface area contributed by atoms with Gasteiger partial charge in [0.2, 0.25) is 5.95 Å². The van der Waals surface area contributed by atoms with Crippen molar-refractivity contribution in [3.05, 3.63) is 24.4 Å². The largest absolute Gasteiger partial charge is 0.493 e. The Hall–Kier alpha value is -2.57. The van der Waals surface area contributed by atoms with E-state index >= 15 is 0 Å². The Morgan fingerprint density at radius 2 is 2.04 bits per heavy atom. The van der Waals surface area contributed by atoms with E-state index in [1.165, 1.54) is 12.8 Å². The molecule has 3 rings (SSSR count). The van der Waals surface area contributed by atoms with Crippen LogP contribution in [0, 0.1) is 5.92 Å². The first-order valence-electron chi connectivity index (χ1n) is 8.13. The van der Waals surface area contributed by atoms with Gasteiger partial charge in [0.15, 0.2) is 17.3 Å². The molecule has 0 aliphatic carbocycles. The van der Waals surface area contributed by atoms with Crippen LogP contribution in [-0.4, -0.2) is 42.5 Å². The summed E-state index contributed by atoms with van der Waals surface area (Å²) in [5.41, 5.74) is 0.818. The molecule has 7 heteroatoms. The van der Waals surface area contributed by atoms with Crippen molar-refractivity contribution in [1.29, 1.82) is 0 Å². The Kier molecular flexibility index (Phi) is 4.98. The highest BCUT2D eigenvalue weighted by Crippen LogP contribution is 2.30. The van der Waals surface area contributed by atoms with Crippen LogP contribution in [0.25, 0.3) is 0 Å². The Bertz CT molecular complexity index is 694. The molecule has 1 fully saturated rings. The van der Waals surface area contributed by atoms with Crippen molar-refractivity contribution < 1.29 is 9.47 Å². The van der Waals surface area contributed by atoms with E-state index in [0.717, 1.165) is 24.6 Å². The minimum atomic E-state index is 0.470. The van der Waals surface area contributed by atoms with Gasteiger partial charge in [-0.2, -0.15) is 10.1 Å². The third-order valence-corrected chi connectivity index (χ3v) is 4.17. The van der Waals surface area contributed by atoms with Gasteiger partial charge in [0.25, 0.3) is 0 Å². The second kappa shape index (κ2) is 7.33. The normalized spacial score (nSPS) is 17.5. The molecule has 0 saturated carbocycles. The highest BCUT2D eigenvalue weighted by atomic mass is 16.5. The molecule has 1 saturated heterocycles. The maximum atomic E-state index is 5.32. The molecule has 1 aromatic heterocycles. The van der Waals surface area contributed by atoms with Gasteiger partial charge in [0.1, 0.15) is 0 Å². The molecule has 1 unspecified atom stereocenters. The van der Waals surface area contributed by atoms with E-state index in [1.807, 2.05) is 18.2 Å². The Morgan fingerprint density at radius 3 is 2.79 bits per heavy atom. The first kappa shape index (κ1) is 16.3. The number of nitrogens with one attached hydrogen (secondary N) is 1. The lowest BCUT2D eigenvalue weighted by Crippen LogP contribution is -2.35. The van der Waals surface area contributed by atoms with Gasteiger partial charge in [0.05, 0.1) is 20.4 Å². The lowest BCUT2D eigenvalue weighted by Gasteiger charge is -2.31.